The number of hydrogen-bond donors (Lipinski definition) is 0. The zero-order valence-electron chi connectivity index (χ0n) is 5.19. The maximum absolute atomic E-state index is 5.64. The van der Waals surface area contributed by atoms with Crippen molar-refractivity contribution in [2.45, 2.75) is 6.92 Å². The SMILES string of the molecule is Cc1cccc(Cl)c1.O. The Balaban J connectivity index is 0.000000640. The Kier molecular flexibility index (Phi) is 3.28. The zero-order chi connectivity index (χ0) is 5.98. The van der Waals surface area contributed by atoms with Gasteiger partial charge in [-0.25, -0.2) is 0 Å². The molecule has 1 nitrogen and oxygen atoms in total. The van der Waals surface area contributed by atoms with Gasteiger partial charge in [-0.3, -0.25) is 0 Å². The van der Waals surface area contributed by atoms with Crippen LogP contribution in [-0.4, -0.2) is 5.48 Å². The molecule has 50 valence electrons. The molecule has 0 bridgehead atoms. The zero-order valence-corrected chi connectivity index (χ0v) is 5.94. The van der Waals surface area contributed by atoms with Gasteiger partial charge in [0.1, 0.15) is 0 Å². The second-order valence-corrected chi connectivity index (χ2v) is 2.24. The van der Waals surface area contributed by atoms with Crippen molar-refractivity contribution in [3.05, 3.63) is 34.9 Å². The van der Waals surface area contributed by atoms with E-state index in [1.54, 1.807) is 0 Å². The van der Waals surface area contributed by atoms with Crippen LogP contribution in [0, 0.1) is 6.92 Å². The van der Waals surface area contributed by atoms with Crippen LogP contribution in [-0.2, 0) is 0 Å². The molecule has 2 N–H and O–H groups in total. The summed E-state index contributed by atoms with van der Waals surface area (Å²) in [6.45, 7) is 2.02. The van der Waals surface area contributed by atoms with Crippen molar-refractivity contribution < 1.29 is 5.48 Å². The van der Waals surface area contributed by atoms with Crippen molar-refractivity contribution in [3.63, 3.8) is 0 Å². The predicted molar refractivity (Wildman–Crippen MR) is 39.8 cm³/mol. The lowest BCUT2D eigenvalue weighted by Crippen LogP contribution is -1.66. The highest BCUT2D eigenvalue weighted by atomic mass is 35.5. The van der Waals surface area contributed by atoms with Crippen LogP contribution in [0.25, 0.3) is 0 Å². The molecule has 2 heteroatoms. The first kappa shape index (κ1) is 8.47. The highest BCUT2D eigenvalue weighted by Crippen LogP contribution is 2.08. The third-order valence-corrected chi connectivity index (χ3v) is 1.22. The summed E-state index contributed by atoms with van der Waals surface area (Å²) < 4.78 is 0. The van der Waals surface area contributed by atoms with Gasteiger partial charge in [-0.1, -0.05) is 23.7 Å². The van der Waals surface area contributed by atoms with Crippen LogP contribution in [0.2, 0.25) is 5.02 Å². The first-order valence-electron chi connectivity index (χ1n) is 2.51. The van der Waals surface area contributed by atoms with E-state index in [1.807, 2.05) is 31.2 Å². The topological polar surface area (TPSA) is 31.5 Å². The van der Waals surface area contributed by atoms with E-state index in [0.29, 0.717) is 0 Å². The van der Waals surface area contributed by atoms with Crippen molar-refractivity contribution >= 4 is 11.6 Å². The highest BCUT2D eigenvalue weighted by molar-refractivity contribution is 6.30. The Hall–Kier alpha value is -0.530. The van der Waals surface area contributed by atoms with Crippen LogP contribution in [0.3, 0.4) is 0 Å². The fraction of sp³-hybridized carbons (Fsp3) is 0.143. The molecular formula is C7H9ClO. The van der Waals surface area contributed by atoms with Gasteiger partial charge in [-0.15, -0.1) is 0 Å². The number of hydrogen-bond acceptors (Lipinski definition) is 0. The van der Waals surface area contributed by atoms with Crippen LogP contribution in [0.5, 0.6) is 0 Å². The van der Waals surface area contributed by atoms with Gasteiger partial charge in [0.15, 0.2) is 0 Å². The van der Waals surface area contributed by atoms with E-state index in [2.05, 4.69) is 0 Å². The molecule has 0 saturated heterocycles. The lowest BCUT2D eigenvalue weighted by molar-refractivity contribution is 0.824. The summed E-state index contributed by atoms with van der Waals surface area (Å²) in [5.74, 6) is 0. The molecule has 0 heterocycles. The van der Waals surface area contributed by atoms with E-state index in [-0.39, 0.29) is 5.48 Å². The molecule has 0 aliphatic rings. The maximum Gasteiger partial charge on any atom is 0.0408 e. The standard InChI is InChI=1S/C7H7Cl.H2O/c1-6-3-2-4-7(8)5-6;/h2-5H,1H3;1H2. The van der Waals surface area contributed by atoms with Crippen molar-refractivity contribution in [2.24, 2.45) is 0 Å². The van der Waals surface area contributed by atoms with E-state index >= 15 is 0 Å². The van der Waals surface area contributed by atoms with Crippen LogP contribution in [0.15, 0.2) is 24.3 Å². The average molecular weight is 145 g/mol. The van der Waals surface area contributed by atoms with Crippen LogP contribution in [0.4, 0.5) is 0 Å². The van der Waals surface area contributed by atoms with Crippen molar-refractivity contribution in [1.29, 1.82) is 0 Å². The third kappa shape index (κ3) is 2.49. The molecule has 0 unspecified atom stereocenters. The molecule has 0 radical (unpaired) electrons. The monoisotopic (exact) mass is 144 g/mol. The Morgan fingerprint density at radius 2 is 2.00 bits per heavy atom. The quantitative estimate of drug-likeness (QED) is 0.532. The molecule has 0 atom stereocenters. The Bertz CT molecular complexity index is 169. The minimum Gasteiger partial charge on any atom is -0.412 e. The Labute approximate surface area is 59.6 Å². The van der Waals surface area contributed by atoms with Crippen LogP contribution in [0.1, 0.15) is 5.56 Å². The van der Waals surface area contributed by atoms with Crippen LogP contribution >= 0.6 is 11.6 Å². The third-order valence-electron chi connectivity index (χ3n) is 0.980. The largest absolute Gasteiger partial charge is 0.412 e. The van der Waals surface area contributed by atoms with Gasteiger partial charge >= 0.3 is 0 Å². The van der Waals surface area contributed by atoms with Gasteiger partial charge in [0, 0.05) is 5.02 Å². The van der Waals surface area contributed by atoms with E-state index in [0.717, 1.165) is 5.02 Å². The highest BCUT2D eigenvalue weighted by Gasteiger charge is 1.82. The number of benzene rings is 1. The van der Waals surface area contributed by atoms with Gasteiger partial charge in [-0.2, -0.15) is 0 Å². The molecule has 0 aliphatic heterocycles. The smallest absolute Gasteiger partial charge is 0.0408 e. The fourth-order valence-electron chi connectivity index (χ4n) is 0.606. The van der Waals surface area contributed by atoms with Crippen molar-refractivity contribution in [1.82, 2.24) is 0 Å². The second-order valence-electron chi connectivity index (χ2n) is 1.80. The Morgan fingerprint density at radius 3 is 2.33 bits per heavy atom. The minimum atomic E-state index is 0. The van der Waals surface area contributed by atoms with E-state index in [1.165, 1.54) is 5.56 Å². The molecule has 0 aromatic heterocycles. The van der Waals surface area contributed by atoms with Crippen molar-refractivity contribution in [2.75, 3.05) is 0 Å². The first-order valence-corrected chi connectivity index (χ1v) is 2.89. The molecule has 0 spiro atoms. The van der Waals surface area contributed by atoms with E-state index in [9.17, 15) is 0 Å². The number of aryl methyl sites for hydroxylation is 1. The summed E-state index contributed by atoms with van der Waals surface area (Å²) in [7, 11) is 0. The van der Waals surface area contributed by atoms with Crippen LogP contribution < -0.4 is 0 Å². The molecule has 0 aliphatic carbocycles. The summed E-state index contributed by atoms with van der Waals surface area (Å²) in [6, 6.07) is 7.76. The molecule has 0 amide bonds. The molecule has 1 rings (SSSR count). The summed E-state index contributed by atoms with van der Waals surface area (Å²) in [4.78, 5) is 0. The lowest BCUT2D eigenvalue weighted by Gasteiger charge is -1.88. The predicted octanol–water partition coefficient (Wildman–Crippen LogP) is 1.82. The van der Waals surface area contributed by atoms with Gasteiger partial charge in [-0.05, 0) is 24.6 Å². The second kappa shape index (κ2) is 3.49. The summed E-state index contributed by atoms with van der Waals surface area (Å²) >= 11 is 5.64. The average Bonchev–Trinajstić information content (AvgIpc) is 1.64. The maximum atomic E-state index is 5.64. The van der Waals surface area contributed by atoms with Gasteiger partial charge in [0.2, 0.25) is 0 Å². The molecular weight excluding hydrogens is 136 g/mol. The number of halogens is 1. The summed E-state index contributed by atoms with van der Waals surface area (Å²) in [6.07, 6.45) is 0. The molecule has 0 saturated carbocycles. The van der Waals surface area contributed by atoms with E-state index in [4.69, 9.17) is 11.6 Å². The normalized spacial score (nSPS) is 8.22. The summed E-state index contributed by atoms with van der Waals surface area (Å²) in [5, 5.41) is 0.810. The molecule has 9 heavy (non-hydrogen) atoms. The number of rotatable bonds is 0. The van der Waals surface area contributed by atoms with Gasteiger partial charge < -0.3 is 5.48 Å². The minimum absolute atomic E-state index is 0. The van der Waals surface area contributed by atoms with Crippen molar-refractivity contribution in [3.8, 4) is 0 Å². The molecule has 1 aromatic carbocycles. The summed E-state index contributed by atoms with van der Waals surface area (Å²) in [5.41, 5.74) is 1.21. The Morgan fingerprint density at radius 1 is 1.33 bits per heavy atom. The first-order chi connectivity index (χ1) is 3.79. The fourth-order valence-corrected chi connectivity index (χ4v) is 0.850. The van der Waals surface area contributed by atoms with Gasteiger partial charge in [0.25, 0.3) is 0 Å². The lowest BCUT2D eigenvalue weighted by atomic mass is 10.2. The van der Waals surface area contributed by atoms with E-state index < -0.39 is 0 Å². The van der Waals surface area contributed by atoms with Gasteiger partial charge in [0.05, 0.1) is 0 Å². The molecule has 1 aromatic rings. The molecule has 0 fully saturated rings.